The van der Waals surface area contributed by atoms with Gasteiger partial charge in [0.15, 0.2) is 0 Å². The normalized spacial score (nSPS) is 21.2. The summed E-state index contributed by atoms with van der Waals surface area (Å²) in [6, 6.07) is 1.69. The molecule has 0 aromatic carbocycles. The molecule has 126 valence electrons. The predicted octanol–water partition coefficient (Wildman–Crippen LogP) is 0.255. The van der Waals surface area contributed by atoms with E-state index in [2.05, 4.69) is 15.2 Å². The molecular formula is C15H24BN3O4. The van der Waals surface area contributed by atoms with Crippen molar-refractivity contribution in [3.05, 3.63) is 18.5 Å². The Bertz CT molecular complexity index is 576. The lowest BCUT2D eigenvalue weighted by molar-refractivity contribution is 0.0473. The highest BCUT2D eigenvalue weighted by atomic mass is 16.6. The summed E-state index contributed by atoms with van der Waals surface area (Å²) in [4.78, 5) is 18.1. The zero-order valence-electron chi connectivity index (χ0n) is 14.0. The van der Waals surface area contributed by atoms with Gasteiger partial charge in [0.2, 0.25) is 0 Å². The van der Waals surface area contributed by atoms with Crippen molar-refractivity contribution in [2.45, 2.75) is 45.3 Å². The summed E-state index contributed by atoms with van der Waals surface area (Å²) < 4.78 is 5.31. The Morgan fingerprint density at radius 3 is 2.74 bits per heavy atom. The van der Waals surface area contributed by atoms with Gasteiger partial charge in [-0.3, -0.25) is 4.98 Å². The van der Waals surface area contributed by atoms with E-state index in [-0.39, 0.29) is 0 Å². The second-order valence-corrected chi connectivity index (χ2v) is 7.21. The van der Waals surface area contributed by atoms with Crippen LogP contribution in [0.4, 0.5) is 10.5 Å². The van der Waals surface area contributed by atoms with Crippen molar-refractivity contribution >= 4 is 24.4 Å². The number of alkyl carbamates (subject to hydrolysis) is 1. The van der Waals surface area contributed by atoms with Crippen molar-refractivity contribution in [3.63, 3.8) is 0 Å². The molecule has 1 saturated heterocycles. The number of hydrogen-bond acceptors (Lipinski definition) is 6. The van der Waals surface area contributed by atoms with E-state index in [9.17, 15) is 14.8 Å². The zero-order chi connectivity index (χ0) is 17.3. The maximum Gasteiger partial charge on any atom is 0.490 e. The van der Waals surface area contributed by atoms with E-state index in [4.69, 9.17) is 4.74 Å². The minimum absolute atomic E-state index is 0.344. The third kappa shape index (κ3) is 4.84. The molecule has 1 fully saturated rings. The highest BCUT2D eigenvalue weighted by Gasteiger charge is 2.36. The third-order valence-corrected chi connectivity index (χ3v) is 3.68. The van der Waals surface area contributed by atoms with Crippen LogP contribution in [0.5, 0.6) is 0 Å². The van der Waals surface area contributed by atoms with Crippen molar-refractivity contribution in [3.8, 4) is 0 Å². The summed E-state index contributed by atoms with van der Waals surface area (Å²) in [7, 11) is -1.55. The van der Waals surface area contributed by atoms with Crippen LogP contribution in [-0.2, 0) is 4.74 Å². The summed E-state index contributed by atoms with van der Waals surface area (Å²) in [6.07, 6.45) is 3.42. The van der Waals surface area contributed by atoms with Gasteiger partial charge < -0.3 is 25.0 Å². The van der Waals surface area contributed by atoms with Gasteiger partial charge in [0.1, 0.15) is 5.60 Å². The van der Waals surface area contributed by atoms with Gasteiger partial charge in [-0.1, -0.05) is 0 Å². The van der Waals surface area contributed by atoms with E-state index < -0.39 is 24.4 Å². The second-order valence-electron chi connectivity index (χ2n) is 7.21. The summed E-state index contributed by atoms with van der Waals surface area (Å²) >= 11 is 0. The lowest BCUT2D eigenvalue weighted by Gasteiger charge is -2.29. The van der Waals surface area contributed by atoms with Crippen molar-refractivity contribution in [1.82, 2.24) is 10.3 Å². The Kier molecular flexibility index (Phi) is 4.86. The molecule has 1 amide bonds. The molecule has 3 N–H and O–H groups in total. The van der Waals surface area contributed by atoms with Gasteiger partial charge in [-0.2, -0.15) is 0 Å². The molecule has 0 radical (unpaired) electrons. The predicted molar refractivity (Wildman–Crippen MR) is 88.7 cm³/mol. The molecule has 0 aliphatic carbocycles. The molecule has 1 aromatic heterocycles. The van der Waals surface area contributed by atoms with E-state index in [0.717, 1.165) is 18.7 Å². The number of carbonyl (C=O) groups is 1. The number of aromatic nitrogens is 1. The monoisotopic (exact) mass is 321 g/mol. The van der Waals surface area contributed by atoms with E-state index in [1.807, 2.05) is 27.7 Å². The van der Waals surface area contributed by atoms with Gasteiger partial charge in [-0.25, -0.2) is 4.79 Å². The van der Waals surface area contributed by atoms with Gasteiger partial charge in [-0.05, 0) is 40.2 Å². The number of hydrogen-bond donors (Lipinski definition) is 3. The van der Waals surface area contributed by atoms with E-state index in [0.29, 0.717) is 12.0 Å². The average Bonchev–Trinajstić information content (AvgIpc) is 2.78. The van der Waals surface area contributed by atoms with Crippen LogP contribution in [0.25, 0.3) is 0 Å². The molecule has 8 heteroatoms. The standard InChI is InChI=1S/C15H24BN3O4/c1-14(2,3)23-13(20)18-15(4)5-6-19(10-15)12-7-11(16(21)22)8-17-9-12/h7-9,21-22H,5-6,10H2,1-4H3,(H,18,20). The number of ether oxygens (including phenoxy) is 1. The van der Waals surface area contributed by atoms with E-state index in [1.165, 1.54) is 6.20 Å². The van der Waals surface area contributed by atoms with Gasteiger partial charge in [0.25, 0.3) is 0 Å². The minimum atomic E-state index is -1.55. The maximum atomic E-state index is 12.0. The second kappa shape index (κ2) is 6.37. The fourth-order valence-electron chi connectivity index (χ4n) is 2.59. The molecule has 0 spiro atoms. The fourth-order valence-corrected chi connectivity index (χ4v) is 2.59. The first-order valence-electron chi connectivity index (χ1n) is 7.65. The van der Waals surface area contributed by atoms with Crippen LogP contribution in [0.15, 0.2) is 18.5 Å². The van der Waals surface area contributed by atoms with Crippen molar-refractivity contribution < 1.29 is 19.6 Å². The first-order valence-corrected chi connectivity index (χ1v) is 7.65. The number of amides is 1. The van der Waals surface area contributed by atoms with Gasteiger partial charge in [0, 0.05) is 24.7 Å². The molecule has 1 atom stereocenters. The van der Waals surface area contributed by atoms with Crippen LogP contribution in [0.3, 0.4) is 0 Å². The molecule has 1 unspecified atom stereocenters. The number of carbonyl (C=O) groups excluding carboxylic acids is 1. The quantitative estimate of drug-likeness (QED) is 0.691. The zero-order valence-corrected chi connectivity index (χ0v) is 14.0. The molecule has 23 heavy (non-hydrogen) atoms. The molecule has 1 aromatic rings. The summed E-state index contributed by atoms with van der Waals surface area (Å²) in [5.41, 5.74) is 0.200. The van der Waals surface area contributed by atoms with Crippen LogP contribution in [0.1, 0.15) is 34.1 Å². The van der Waals surface area contributed by atoms with Crippen LogP contribution >= 0.6 is 0 Å². The SMILES string of the molecule is CC1(NC(=O)OC(C)(C)C)CCN(c2cncc(B(O)O)c2)C1. The average molecular weight is 321 g/mol. The molecule has 0 saturated carbocycles. The molecular weight excluding hydrogens is 297 g/mol. The van der Waals surface area contributed by atoms with Crippen LogP contribution in [0.2, 0.25) is 0 Å². The van der Waals surface area contributed by atoms with Crippen molar-refractivity contribution in [1.29, 1.82) is 0 Å². The van der Waals surface area contributed by atoms with Gasteiger partial charge in [0.05, 0.1) is 17.4 Å². The number of rotatable bonds is 3. The van der Waals surface area contributed by atoms with Gasteiger partial charge in [-0.15, -0.1) is 0 Å². The summed E-state index contributed by atoms with van der Waals surface area (Å²) in [6.45, 7) is 8.78. The largest absolute Gasteiger partial charge is 0.490 e. The molecule has 2 heterocycles. The molecule has 2 rings (SSSR count). The number of nitrogens with one attached hydrogen (secondary N) is 1. The Morgan fingerprint density at radius 2 is 2.13 bits per heavy atom. The van der Waals surface area contributed by atoms with Crippen LogP contribution in [-0.4, -0.2) is 52.5 Å². The van der Waals surface area contributed by atoms with Crippen molar-refractivity contribution in [2.75, 3.05) is 18.0 Å². The number of nitrogens with zero attached hydrogens (tertiary/aromatic N) is 2. The number of anilines is 1. The Labute approximate surface area is 136 Å². The Morgan fingerprint density at radius 1 is 1.43 bits per heavy atom. The Hall–Kier alpha value is -1.80. The van der Waals surface area contributed by atoms with E-state index in [1.54, 1.807) is 12.3 Å². The number of pyridine rings is 1. The van der Waals surface area contributed by atoms with Gasteiger partial charge >= 0.3 is 13.2 Å². The molecule has 1 aliphatic heterocycles. The first-order chi connectivity index (χ1) is 10.6. The lowest BCUT2D eigenvalue weighted by Crippen LogP contribution is -2.49. The summed E-state index contributed by atoms with van der Waals surface area (Å²) in [5.74, 6) is 0. The maximum absolute atomic E-state index is 12.0. The smallest absolute Gasteiger partial charge is 0.444 e. The first kappa shape index (κ1) is 17.6. The molecule has 7 nitrogen and oxygen atoms in total. The summed E-state index contributed by atoms with van der Waals surface area (Å²) in [5, 5.41) is 21.4. The minimum Gasteiger partial charge on any atom is -0.444 e. The van der Waals surface area contributed by atoms with Crippen LogP contribution < -0.4 is 15.7 Å². The highest BCUT2D eigenvalue weighted by Crippen LogP contribution is 2.26. The Balaban J connectivity index is 2.02. The molecule has 1 aliphatic rings. The molecule has 0 bridgehead atoms. The fraction of sp³-hybridized carbons (Fsp3) is 0.600. The third-order valence-electron chi connectivity index (χ3n) is 3.68. The van der Waals surface area contributed by atoms with Crippen molar-refractivity contribution in [2.24, 2.45) is 0 Å². The topological polar surface area (TPSA) is 94.9 Å². The van der Waals surface area contributed by atoms with E-state index >= 15 is 0 Å². The van der Waals surface area contributed by atoms with Crippen LogP contribution in [0, 0.1) is 0 Å². The highest BCUT2D eigenvalue weighted by molar-refractivity contribution is 6.58. The lowest BCUT2D eigenvalue weighted by atomic mass is 9.81.